The quantitative estimate of drug-likeness (QED) is 0.717. The molecule has 0 saturated carbocycles. The fourth-order valence-corrected chi connectivity index (χ4v) is 2.40. The summed E-state index contributed by atoms with van der Waals surface area (Å²) < 4.78 is 30.2. The maximum absolute atomic E-state index is 11.7. The van der Waals surface area contributed by atoms with E-state index in [-0.39, 0.29) is 25.1 Å². The average molecular weight is 287 g/mol. The molecule has 0 aliphatic rings. The van der Waals surface area contributed by atoms with Gasteiger partial charge < -0.3 is 4.74 Å². The minimum Gasteiger partial charge on any atom is -0.469 e. The summed E-state index contributed by atoms with van der Waals surface area (Å²) in [4.78, 5) is 18.9. The Bertz CT molecular complexity index is 530. The molecule has 1 aromatic rings. The van der Waals surface area contributed by atoms with Crippen molar-refractivity contribution < 1.29 is 17.9 Å². The molecule has 0 aliphatic heterocycles. The van der Waals surface area contributed by atoms with Gasteiger partial charge in [0.1, 0.15) is 5.82 Å². The average Bonchev–Trinajstić information content (AvgIpc) is 2.36. The molecule has 0 fully saturated rings. The standard InChI is InChI=1S/C11H17N3O4S/c1-9-12-6-5-10(14-9)8-13-19(16,17)7-3-4-11(15)18-2/h5-6,13H,3-4,7-8H2,1-2H3. The lowest BCUT2D eigenvalue weighted by Gasteiger charge is -2.06. The van der Waals surface area contributed by atoms with E-state index < -0.39 is 16.0 Å². The van der Waals surface area contributed by atoms with E-state index in [0.29, 0.717) is 11.5 Å². The molecule has 0 aliphatic carbocycles. The smallest absolute Gasteiger partial charge is 0.305 e. The van der Waals surface area contributed by atoms with Gasteiger partial charge in [-0.1, -0.05) is 0 Å². The number of aromatic nitrogens is 2. The molecular weight excluding hydrogens is 270 g/mol. The van der Waals surface area contributed by atoms with Crippen molar-refractivity contribution in [2.24, 2.45) is 0 Å². The lowest BCUT2D eigenvalue weighted by molar-refractivity contribution is -0.140. The fraction of sp³-hybridized carbons (Fsp3) is 0.545. The van der Waals surface area contributed by atoms with Gasteiger partial charge in [-0.3, -0.25) is 4.79 Å². The van der Waals surface area contributed by atoms with Crippen molar-refractivity contribution in [2.45, 2.75) is 26.3 Å². The summed E-state index contributed by atoms with van der Waals surface area (Å²) in [6.07, 6.45) is 1.89. The van der Waals surface area contributed by atoms with Gasteiger partial charge >= 0.3 is 5.97 Å². The van der Waals surface area contributed by atoms with E-state index in [1.807, 2.05) is 0 Å². The van der Waals surface area contributed by atoms with E-state index in [2.05, 4.69) is 19.4 Å². The topological polar surface area (TPSA) is 98.2 Å². The van der Waals surface area contributed by atoms with Crippen LogP contribution in [0.2, 0.25) is 0 Å². The highest BCUT2D eigenvalue weighted by Gasteiger charge is 2.11. The van der Waals surface area contributed by atoms with Gasteiger partial charge in [-0.25, -0.2) is 23.1 Å². The molecule has 8 heteroatoms. The number of nitrogens with one attached hydrogen (secondary N) is 1. The van der Waals surface area contributed by atoms with Crippen LogP contribution < -0.4 is 4.72 Å². The number of esters is 1. The third kappa shape index (κ3) is 6.25. The number of methoxy groups -OCH3 is 1. The number of hydrogen-bond donors (Lipinski definition) is 1. The Morgan fingerprint density at radius 1 is 1.47 bits per heavy atom. The highest BCUT2D eigenvalue weighted by molar-refractivity contribution is 7.89. The molecule has 19 heavy (non-hydrogen) atoms. The second-order valence-corrected chi connectivity index (χ2v) is 5.84. The molecule has 7 nitrogen and oxygen atoms in total. The molecule has 0 radical (unpaired) electrons. The summed E-state index contributed by atoms with van der Waals surface area (Å²) in [5.41, 5.74) is 0.601. The summed E-state index contributed by atoms with van der Waals surface area (Å²) >= 11 is 0. The number of ether oxygens (including phenoxy) is 1. The summed E-state index contributed by atoms with van der Waals surface area (Å²) in [6.45, 7) is 1.85. The molecule has 1 N–H and O–H groups in total. The van der Waals surface area contributed by atoms with Crippen molar-refractivity contribution in [2.75, 3.05) is 12.9 Å². The summed E-state index contributed by atoms with van der Waals surface area (Å²) in [6, 6.07) is 1.64. The van der Waals surface area contributed by atoms with Crippen LogP contribution in [-0.2, 0) is 26.1 Å². The predicted octanol–water partition coefficient (Wildman–Crippen LogP) is 0.158. The first-order valence-corrected chi connectivity index (χ1v) is 7.41. The maximum Gasteiger partial charge on any atom is 0.305 e. The largest absolute Gasteiger partial charge is 0.469 e. The molecule has 0 spiro atoms. The Kier molecular flexibility index (Phi) is 5.84. The SMILES string of the molecule is COC(=O)CCCS(=O)(=O)NCc1ccnc(C)n1. The zero-order chi connectivity index (χ0) is 14.3. The van der Waals surface area contributed by atoms with Gasteiger partial charge in [0.2, 0.25) is 10.0 Å². The molecule has 106 valence electrons. The third-order valence-corrected chi connectivity index (χ3v) is 3.74. The van der Waals surface area contributed by atoms with Crippen LogP contribution >= 0.6 is 0 Å². The van der Waals surface area contributed by atoms with E-state index in [9.17, 15) is 13.2 Å². The normalized spacial score (nSPS) is 11.3. The van der Waals surface area contributed by atoms with E-state index in [4.69, 9.17) is 0 Å². The van der Waals surface area contributed by atoms with Crippen LogP contribution in [0.5, 0.6) is 0 Å². The van der Waals surface area contributed by atoms with Crippen molar-refractivity contribution >= 4 is 16.0 Å². The van der Waals surface area contributed by atoms with Gasteiger partial charge in [0.15, 0.2) is 0 Å². The van der Waals surface area contributed by atoms with Crippen LogP contribution in [0, 0.1) is 6.92 Å². The molecule has 1 rings (SSSR count). The zero-order valence-electron chi connectivity index (χ0n) is 10.9. The molecular formula is C11H17N3O4S. The molecule has 0 amide bonds. The zero-order valence-corrected chi connectivity index (χ0v) is 11.7. The minimum atomic E-state index is -3.41. The van der Waals surface area contributed by atoms with Crippen LogP contribution in [0.1, 0.15) is 24.4 Å². The van der Waals surface area contributed by atoms with Crippen molar-refractivity contribution in [3.8, 4) is 0 Å². The first-order chi connectivity index (χ1) is 8.93. The fourth-order valence-electron chi connectivity index (χ4n) is 1.37. The van der Waals surface area contributed by atoms with E-state index in [1.54, 1.807) is 19.2 Å². The third-order valence-electron chi connectivity index (χ3n) is 2.33. The highest BCUT2D eigenvalue weighted by atomic mass is 32.2. The van der Waals surface area contributed by atoms with Crippen LogP contribution in [0.4, 0.5) is 0 Å². The van der Waals surface area contributed by atoms with Gasteiger partial charge in [0.05, 0.1) is 25.1 Å². The van der Waals surface area contributed by atoms with Crippen molar-refractivity contribution in [3.63, 3.8) is 0 Å². The molecule has 1 heterocycles. The van der Waals surface area contributed by atoms with Gasteiger partial charge in [0, 0.05) is 12.6 Å². The first-order valence-electron chi connectivity index (χ1n) is 5.75. The minimum absolute atomic E-state index is 0.0873. The van der Waals surface area contributed by atoms with Crippen molar-refractivity contribution in [3.05, 3.63) is 23.8 Å². The number of hydrogen-bond acceptors (Lipinski definition) is 6. The monoisotopic (exact) mass is 287 g/mol. The van der Waals surface area contributed by atoms with Crippen LogP contribution in [0.25, 0.3) is 0 Å². The van der Waals surface area contributed by atoms with Crippen LogP contribution in [-0.4, -0.2) is 37.2 Å². The summed E-state index contributed by atoms with van der Waals surface area (Å²) in [5.74, 6) is 0.0515. The summed E-state index contributed by atoms with van der Waals surface area (Å²) in [5, 5.41) is 0. The predicted molar refractivity (Wildman–Crippen MR) is 68.6 cm³/mol. The molecule has 0 aromatic carbocycles. The molecule has 0 unspecified atom stereocenters. The Labute approximate surface area is 112 Å². The molecule has 0 saturated heterocycles. The van der Waals surface area contributed by atoms with Gasteiger partial charge in [-0.15, -0.1) is 0 Å². The number of sulfonamides is 1. The van der Waals surface area contributed by atoms with Gasteiger partial charge in [0.25, 0.3) is 0 Å². The maximum atomic E-state index is 11.7. The highest BCUT2D eigenvalue weighted by Crippen LogP contribution is 1.99. The number of nitrogens with zero attached hydrogens (tertiary/aromatic N) is 2. The number of rotatable bonds is 7. The van der Waals surface area contributed by atoms with Crippen LogP contribution in [0.15, 0.2) is 12.3 Å². The molecule has 0 bridgehead atoms. The summed E-state index contributed by atoms with van der Waals surface area (Å²) in [7, 11) is -2.14. The Hall–Kier alpha value is -1.54. The second kappa shape index (κ2) is 7.15. The molecule has 1 aromatic heterocycles. The Morgan fingerprint density at radius 3 is 2.84 bits per heavy atom. The number of carbonyl (C=O) groups excluding carboxylic acids is 1. The Balaban J connectivity index is 2.40. The van der Waals surface area contributed by atoms with Gasteiger partial charge in [-0.05, 0) is 19.4 Å². The van der Waals surface area contributed by atoms with E-state index in [1.165, 1.54) is 7.11 Å². The van der Waals surface area contributed by atoms with Gasteiger partial charge in [-0.2, -0.15) is 0 Å². The van der Waals surface area contributed by atoms with E-state index >= 15 is 0 Å². The first kappa shape index (κ1) is 15.5. The Morgan fingerprint density at radius 2 is 2.21 bits per heavy atom. The van der Waals surface area contributed by atoms with E-state index in [0.717, 1.165) is 0 Å². The lowest BCUT2D eigenvalue weighted by atomic mass is 10.3. The van der Waals surface area contributed by atoms with Crippen LogP contribution in [0.3, 0.4) is 0 Å². The lowest BCUT2D eigenvalue weighted by Crippen LogP contribution is -2.26. The van der Waals surface area contributed by atoms with Crippen molar-refractivity contribution in [1.82, 2.24) is 14.7 Å². The van der Waals surface area contributed by atoms with Crippen molar-refractivity contribution in [1.29, 1.82) is 0 Å². The molecule has 0 atom stereocenters. The number of carbonyl (C=O) groups is 1. The number of aryl methyl sites for hydroxylation is 1. The second-order valence-electron chi connectivity index (χ2n) is 3.91.